The quantitative estimate of drug-likeness (QED) is 0.839. The first-order valence-electron chi connectivity index (χ1n) is 6.95. The van der Waals surface area contributed by atoms with Gasteiger partial charge in [0, 0.05) is 24.1 Å². The molecule has 1 amide bonds. The van der Waals surface area contributed by atoms with E-state index in [1.807, 2.05) is 13.0 Å². The molecule has 0 bridgehead atoms. The molecule has 0 aliphatic carbocycles. The van der Waals surface area contributed by atoms with Crippen LogP contribution in [0.2, 0.25) is 0 Å². The Hall–Kier alpha value is -1.40. The maximum absolute atomic E-state index is 11.9. The fourth-order valence-electron chi connectivity index (χ4n) is 2.53. The minimum atomic E-state index is -0.356. The molecule has 6 heteroatoms. The molecule has 1 unspecified atom stereocenters. The number of ether oxygens (including phenoxy) is 1. The van der Waals surface area contributed by atoms with Crippen LogP contribution in [0.5, 0.6) is 0 Å². The number of carbonyl (C=O) groups is 2. The van der Waals surface area contributed by atoms with E-state index in [0.29, 0.717) is 18.7 Å². The summed E-state index contributed by atoms with van der Waals surface area (Å²) < 4.78 is 5.56. The lowest BCUT2D eigenvalue weighted by Gasteiger charge is -2.34. The number of nitrogens with zero attached hydrogens (tertiary/aromatic N) is 1. The molecule has 1 aromatic rings. The fraction of sp³-hybridized carbons (Fsp3) is 0.467. The number of methoxy groups -OCH3 is 1. The Balaban J connectivity index is 2.15. The number of rotatable bonds is 4. The molecule has 2 rings (SSSR count). The molecule has 0 aromatic heterocycles. The van der Waals surface area contributed by atoms with Gasteiger partial charge in [0.1, 0.15) is 0 Å². The average Bonchev–Trinajstić information content (AvgIpc) is 2.48. The normalized spacial score (nSPS) is 19.2. The van der Waals surface area contributed by atoms with E-state index in [4.69, 9.17) is 4.74 Å². The van der Waals surface area contributed by atoms with E-state index in [9.17, 15) is 9.59 Å². The Labute approximate surface area is 132 Å². The number of esters is 1. The van der Waals surface area contributed by atoms with Crippen LogP contribution in [0.3, 0.4) is 0 Å². The fourth-order valence-corrected chi connectivity index (χ4v) is 3.04. The van der Waals surface area contributed by atoms with Gasteiger partial charge in [0.2, 0.25) is 5.91 Å². The highest BCUT2D eigenvalue weighted by Crippen LogP contribution is 2.22. The van der Waals surface area contributed by atoms with E-state index in [1.165, 1.54) is 7.11 Å². The lowest BCUT2D eigenvalue weighted by molar-refractivity contribution is -0.129. The van der Waals surface area contributed by atoms with Crippen molar-refractivity contribution in [2.75, 3.05) is 20.2 Å². The van der Waals surface area contributed by atoms with Gasteiger partial charge in [-0.2, -0.15) is 0 Å². The predicted molar refractivity (Wildman–Crippen MR) is 83.0 cm³/mol. The Morgan fingerprint density at radius 1 is 1.52 bits per heavy atom. The van der Waals surface area contributed by atoms with Gasteiger partial charge in [-0.3, -0.25) is 9.69 Å². The van der Waals surface area contributed by atoms with Crippen LogP contribution in [-0.2, 0) is 16.1 Å². The van der Waals surface area contributed by atoms with Gasteiger partial charge in [-0.15, -0.1) is 0 Å². The number of benzene rings is 1. The second-order valence-electron chi connectivity index (χ2n) is 4.98. The van der Waals surface area contributed by atoms with Gasteiger partial charge < -0.3 is 10.1 Å². The smallest absolute Gasteiger partial charge is 0.337 e. The molecule has 1 aliphatic rings. The second-order valence-corrected chi connectivity index (χ2v) is 5.84. The van der Waals surface area contributed by atoms with Crippen LogP contribution in [0.25, 0.3) is 0 Å². The average molecular weight is 355 g/mol. The largest absolute Gasteiger partial charge is 0.465 e. The lowest BCUT2D eigenvalue weighted by Crippen LogP contribution is -2.54. The van der Waals surface area contributed by atoms with E-state index in [1.54, 1.807) is 12.1 Å². The van der Waals surface area contributed by atoms with Crippen LogP contribution >= 0.6 is 15.9 Å². The van der Waals surface area contributed by atoms with E-state index >= 15 is 0 Å². The van der Waals surface area contributed by atoms with Crippen molar-refractivity contribution in [2.24, 2.45) is 0 Å². The topological polar surface area (TPSA) is 58.6 Å². The zero-order chi connectivity index (χ0) is 15.4. The number of carbonyl (C=O) groups excluding carboxylic acids is 2. The number of halogens is 1. The number of piperazine rings is 1. The lowest BCUT2D eigenvalue weighted by atomic mass is 10.1. The number of nitrogens with one attached hydrogen (secondary N) is 1. The molecular weight excluding hydrogens is 336 g/mol. The molecule has 5 nitrogen and oxygen atoms in total. The number of amides is 1. The first-order chi connectivity index (χ1) is 10.1. The van der Waals surface area contributed by atoms with Crippen molar-refractivity contribution in [1.82, 2.24) is 10.2 Å². The maximum atomic E-state index is 11.9. The molecule has 0 spiro atoms. The molecular formula is C15H19BrN2O3. The van der Waals surface area contributed by atoms with Crippen LogP contribution in [0.4, 0.5) is 0 Å². The highest BCUT2D eigenvalue weighted by Gasteiger charge is 2.28. The Morgan fingerprint density at radius 2 is 2.29 bits per heavy atom. The summed E-state index contributed by atoms with van der Waals surface area (Å²) >= 11 is 3.49. The van der Waals surface area contributed by atoms with Gasteiger partial charge in [0.25, 0.3) is 0 Å². The van der Waals surface area contributed by atoms with Crippen LogP contribution in [0.1, 0.15) is 29.3 Å². The van der Waals surface area contributed by atoms with Gasteiger partial charge in [-0.1, -0.05) is 28.9 Å². The first kappa shape index (κ1) is 16.0. The third kappa shape index (κ3) is 3.63. The van der Waals surface area contributed by atoms with Crippen molar-refractivity contribution >= 4 is 27.8 Å². The van der Waals surface area contributed by atoms with Gasteiger partial charge in [0.05, 0.1) is 18.7 Å². The zero-order valence-electron chi connectivity index (χ0n) is 12.2. The SMILES string of the molecule is CCC1C(=O)NCCN1Cc1ccc(C(=O)OC)cc1Br. The van der Waals surface area contributed by atoms with E-state index in [0.717, 1.165) is 23.0 Å². The number of hydrogen-bond donors (Lipinski definition) is 1. The molecule has 1 N–H and O–H groups in total. The summed E-state index contributed by atoms with van der Waals surface area (Å²) in [6.07, 6.45) is 0.781. The summed E-state index contributed by atoms with van der Waals surface area (Å²) in [7, 11) is 1.36. The highest BCUT2D eigenvalue weighted by molar-refractivity contribution is 9.10. The van der Waals surface area contributed by atoms with Crippen molar-refractivity contribution in [2.45, 2.75) is 25.9 Å². The van der Waals surface area contributed by atoms with Crippen molar-refractivity contribution in [3.63, 3.8) is 0 Å². The molecule has 1 atom stereocenters. The Bertz CT molecular complexity index is 548. The molecule has 1 saturated heterocycles. The summed E-state index contributed by atoms with van der Waals surface area (Å²) in [6.45, 7) is 4.19. The molecule has 0 saturated carbocycles. The van der Waals surface area contributed by atoms with Gasteiger partial charge >= 0.3 is 5.97 Å². The monoisotopic (exact) mass is 354 g/mol. The summed E-state index contributed by atoms with van der Waals surface area (Å²) in [5.41, 5.74) is 1.56. The Morgan fingerprint density at radius 3 is 2.90 bits per heavy atom. The summed E-state index contributed by atoms with van der Waals surface area (Å²) in [6, 6.07) is 5.31. The molecule has 0 radical (unpaired) electrons. The van der Waals surface area contributed by atoms with Crippen molar-refractivity contribution < 1.29 is 14.3 Å². The van der Waals surface area contributed by atoms with Crippen molar-refractivity contribution in [3.05, 3.63) is 33.8 Å². The Kier molecular flexibility index (Phi) is 5.36. The van der Waals surface area contributed by atoms with E-state index in [-0.39, 0.29) is 17.9 Å². The summed E-state index contributed by atoms with van der Waals surface area (Å²) in [4.78, 5) is 25.5. The molecule has 1 fully saturated rings. The van der Waals surface area contributed by atoms with Crippen LogP contribution in [0.15, 0.2) is 22.7 Å². The van der Waals surface area contributed by atoms with Gasteiger partial charge in [-0.05, 0) is 24.1 Å². The van der Waals surface area contributed by atoms with Crippen LogP contribution < -0.4 is 5.32 Å². The third-order valence-electron chi connectivity index (χ3n) is 3.68. The van der Waals surface area contributed by atoms with Crippen molar-refractivity contribution in [3.8, 4) is 0 Å². The molecule has 114 valence electrons. The highest BCUT2D eigenvalue weighted by atomic mass is 79.9. The maximum Gasteiger partial charge on any atom is 0.337 e. The zero-order valence-corrected chi connectivity index (χ0v) is 13.8. The summed E-state index contributed by atoms with van der Waals surface area (Å²) in [5.74, 6) is -0.267. The van der Waals surface area contributed by atoms with E-state index < -0.39 is 0 Å². The van der Waals surface area contributed by atoms with Crippen LogP contribution in [-0.4, -0.2) is 43.0 Å². The minimum absolute atomic E-state index is 0.0889. The third-order valence-corrected chi connectivity index (χ3v) is 4.41. The second kappa shape index (κ2) is 7.04. The van der Waals surface area contributed by atoms with E-state index in [2.05, 4.69) is 26.1 Å². The van der Waals surface area contributed by atoms with Gasteiger partial charge in [0.15, 0.2) is 0 Å². The van der Waals surface area contributed by atoms with Gasteiger partial charge in [-0.25, -0.2) is 4.79 Å². The summed E-state index contributed by atoms with van der Waals surface area (Å²) in [5, 5.41) is 2.89. The molecule has 21 heavy (non-hydrogen) atoms. The molecule has 1 aliphatic heterocycles. The minimum Gasteiger partial charge on any atom is -0.465 e. The standard InChI is InChI=1S/C15H19BrN2O3/c1-3-13-14(19)17-6-7-18(13)9-11-5-4-10(8-12(11)16)15(20)21-2/h4-5,8,13H,3,6-7,9H2,1-2H3,(H,17,19). The molecule has 1 heterocycles. The predicted octanol–water partition coefficient (Wildman–Crippen LogP) is 1.95. The van der Waals surface area contributed by atoms with Crippen LogP contribution in [0, 0.1) is 0 Å². The molecule has 1 aromatic carbocycles. The first-order valence-corrected chi connectivity index (χ1v) is 7.74. The van der Waals surface area contributed by atoms with Crippen molar-refractivity contribution in [1.29, 1.82) is 0 Å². The number of hydrogen-bond acceptors (Lipinski definition) is 4.